The monoisotopic (exact) mass is 327 g/mol. The number of carbonyl (C=O) groups is 1. The van der Waals surface area contributed by atoms with Crippen molar-refractivity contribution in [2.45, 2.75) is 19.9 Å². The van der Waals surface area contributed by atoms with Crippen molar-refractivity contribution in [1.82, 2.24) is 19.9 Å². The number of aliphatic hydroxyl groups excluding tert-OH is 1. The van der Waals surface area contributed by atoms with Crippen molar-refractivity contribution < 1.29 is 9.90 Å². The molecule has 7 heteroatoms. The zero-order chi connectivity index (χ0) is 17.1. The summed E-state index contributed by atoms with van der Waals surface area (Å²) >= 11 is 0. The van der Waals surface area contributed by atoms with Crippen LogP contribution in [-0.2, 0) is 17.8 Å². The van der Waals surface area contributed by atoms with Gasteiger partial charge < -0.3 is 14.9 Å². The van der Waals surface area contributed by atoms with Crippen LogP contribution in [0.4, 0.5) is 5.82 Å². The fourth-order valence-electron chi connectivity index (χ4n) is 2.86. The second-order valence-electron chi connectivity index (χ2n) is 5.85. The Hall–Kier alpha value is -2.54. The number of fused-ring (bicyclic) bond motifs is 1. The SMILES string of the molecule is CC(=O)N1CCc2c(nc(-c3ccccn3)nc2N(C)CCO)C1. The lowest BCUT2D eigenvalue weighted by molar-refractivity contribution is -0.129. The van der Waals surface area contributed by atoms with Crippen molar-refractivity contribution in [2.75, 3.05) is 31.6 Å². The molecule has 7 nitrogen and oxygen atoms in total. The van der Waals surface area contributed by atoms with Gasteiger partial charge in [-0.1, -0.05) is 6.07 Å². The van der Waals surface area contributed by atoms with Crippen molar-refractivity contribution in [3.8, 4) is 11.5 Å². The Morgan fingerprint density at radius 3 is 2.88 bits per heavy atom. The Labute approximate surface area is 141 Å². The number of hydrogen-bond donors (Lipinski definition) is 1. The average Bonchev–Trinajstić information content (AvgIpc) is 2.61. The molecule has 0 saturated carbocycles. The molecule has 2 aromatic rings. The van der Waals surface area contributed by atoms with Crippen LogP contribution in [-0.4, -0.2) is 57.6 Å². The third kappa shape index (κ3) is 3.21. The Balaban J connectivity index is 2.08. The third-order valence-corrected chi connectivity index (χ3v) is 4.18. The minimum absolute atomic E-state index is 0.0453. The minimum Gasteiger partial charge on any atom is -0.395 e. The fraction of sp³-hybridized carbons (Fsp3) is 0.412. The van der Waals surface area contributed by atoms with E-state index < -0.39 is 0 Å². The second kappa shape index (κ2) is 6.92. The normalized spacial score (nSPS) is 13.5. The number of hydrogen-bond acceptors (Lipinski definition) is 6. The van der Waals surface area contributed by atoms with E-state index in [4.69, 9.17) is 0 Å². The van der Waals surface area contributed by atoms with E-state index in [9.17, 15) is 9.90 Å². The molecule has 0 unspecified atom stereocenters. The van der Waals surface area contributed by atoms with Crippen LogP contribution >= 0.6 is 0 Å². The van der Waals surface area contributed by atoms with Gasteiger partial charge in [-0.3, -0.25) is 9.78 Å². The van der Waals surface area contributed by atoms with Crippen molar-refractivity contribution in [3.05, 3.63) is 35.7 Å². The second-order valence-corrected chi connectivity index (χ2v) is 5.85. The molecule has 3 rings (SSSR count). The smallest absolute Gasteiger partial charge is 0.219 e. The highest BCUT2D eigenvalue weighted by Crippen LogP contribution is 2.28. The molecule has 3 heterocycles. The summed E-state index contributed by atoms with van der Waals surface area (Å²) in [6.45, 7) is 3.25. The van der Waals surface area contributed by atoms with Crippen molar-refractivity contribution in [2.24, 2.45) is 0 Å². The molecule has 0 spiro atoms. The van der Waals surface area contributed by atoms with Crippen LogP contribution in [0, 0.1) is 0 Å². The number of carbonyl (C=O) groups excluding carboxylic acids is 1. The van der Waals surface area contributed by atoms with Crippen molar-refractivity contribution in [1.29, 1.82) is 0 Å². The molecule has 2 aromatic heterocycles. The summed E-state index contributed by atoms with van der Waals surface area (Å²) in [5.74, 6) is 1.39. The lowest BCUT2D eigenvalue weighted by atomic mass is 10.0. The summed E-state index contributed by atoms with van der Waals surface area (Å²) in [6.07, 6.45) is 2.42. The molecular formula is C17H21N5O2. The molecule has 0 saturated heterocycles. The number of rotatable bonds is 4. The van der Waals surface area contributed by atoms with E-state index in [0.717, 1.165) is 17.1 Å². The quantitative estimate of drug-likeness (QED) is 0.897. The molecule has 0 atom stereocenters. The molecule has 0 aliphatic carbocycles. The fourth-order valence-corrected chi connectivity index (χ4v) is 2.86. The first-order valence-corrected chi connectivity index (χ1v) is 7.99. The van der Waals surface area contributed by atoms with Crippen LogP contribution in [0.15, 0.2) is 24.4 Å². The van der Waals surface area contributed by atoms with Crippen molar-refractivity contribution in [3.63, 3.8) is 0 Å². The summed E-state index contributed by atoms with van der Waals surface area (Å²) in [5.41, 5.74) is 2.59. The van der Waals surface area contributed by atoms with E-state index in [0.29, 0.717) is 37.6 Å². The highest BCUT2D eigenvalue weighted by atomic mass is 16.3. The summed E-state index contributed by atoms with van der Waals surface area (Å²) in [4.78, 5) is 29.1. The van der Waals surface area contributed by atoms with Gasteiger partial charge >= 0.3 is 0 Å². The maximum atomic E-state index is 11.7. The van der Waals surface area contributed by atoms with Gasteiger partial charge in [0, 0.05) is 38.8 Å². The molecule has 24 heavy (non-hydrogen) atoms. The molecule has 1 N–H and O–H groups in total. The Bertz CT molecular complexity index is 735. The predicted molar refractivity (Wildman–Crippen MR) is 90.4 cm³/mol. The molecule has 1 aliphatic rings. The summed E-state index contributed by atoms with van der Waals surface area (Å²) in [6, 6.07) is 5.60. The first-order valence-electron chi connectivity index (χ1n) is 7.99. The zero-order valence-corrected chi connectivity index (χ0v) is 13.9. The van der Waals surface area contributed by atoms with Crippen LogP contribution < -0.4 is 4.90 Å². The molecule has 1 amide bonds. The first kappa shape index (κ1) is 16.3. The number of pyridine rings is 1. The van der Waals surface area contributed by atoms with E-state index in [2.05, 4.69) is 15.0 Å². The Morgan fingerprint density at radius 2 is 2.21 bits per heavy atom. The van der Waals surface area contributed by atoms with E-state index in [1.807, 2.05) is 30.1 Å². The number of anilines is 1. The van der Waals surface area contributed by atoms with E-state index in [1.54, 1.807) is 18.0 Å². The van der Waals surface area contributed by atoms with Crippen LogP contribution in [0.1, 0.15) is 18.2 Å². The maximum absolute atomic E-state index is 11.7. The van der Waals surface area contributed by atoms with Crippen LogP contribution in [0.2, 0.25) is 0 Å². The first-order chi connectivity index (χ1) is 11.6. The summed E-state index contributed by atoms with van der Waals surface area (Å²) in [5, 5.41) is 9.25. The van der Waals surface area contributed by atoms with Gasteiger partial charge in [-0.15, -0.1) is 0 Å². The topological polar surface area (TPSA) is 82.5 Å². The van der Waals surface area contributed by atoms with Crippen molar-refractivity contribution >= 4 is 11.7 Å². The maximum Gasteiger partial charge on any atom is 0.219 e. The standard InChI is InChI=1S/C17H21N5O2/c1-12(24)22-8-6-13-15(11-22)19-16(14-5-3-4-7-18-14)20-17(13)21(2)9-10-23/h3-5,7,23H,6,8-11H2,1-2H3. The van der Waals surface area contributed by atoms with Gasteiger partial charge in [0.2, 0.25) is 5.91 Å². The Morgan fingerprint density at radius 1 is 1.38 bits per heavy atom. The number of aromatic nitrogens is 3. The molecule has 1 aliphatic heterocycles. The average molecular weight is 327 g/mol. The lowest BCUT2D eigenvalue weighted by Gasteiger charge is -2.30. The highest BCUT2D eigenvalue weighted by Gasteiger charge is 2.25. The van der Waals surface area contributed by atoms with E-state index in [-0.39, 0.29) is 12.5 Å². The van der Waals surface area contributed by atoms with E-state index >= 15 is 0 Å². The number of aliphatic hydroxyl groups is 1. The van der Waals surface area contributed by atoms with E-state index in [1.165, 1.54) is 0 Å². The van der Waals surface area contributed by atoms with Crippen LogP contribution in [0.3, 0.4) is 0 Å². The van der Waals surface area contributed by atoms with Gasteiger partial charge in [0.15, 0.2) is 5.82 Å². The van der Waals surface area contributed by atoms with Gasteiger partial charge in [-0.2, -0.15) is 0 Å². The molecular weight excluding hydrogens is 306 g/mol. The number of nitrogens with zero attached hydrogens (tertiary/aromatic N) is 5. The van der Waals surface area contributed by atoms with Crippen LogP contribution in [0.25, 0.3) is 11.5 Å². The molecule has 0 aromatic carbocycles. The molecule has 0 fully saturated rings. The lowest BCUT2D eigenvalue weighted by Crippen LogP contribution is -2.36. The summed E-state index contributed by atoms with van der Waals surface area (Å²) in [7, 11) is 1.90. The van der Waals surface area contributed by atoms with Gasteiger partial charge in [0.05, 0.1) is 18.8 Å². The largest absolute Gasteiger partial charge is 0.395 e. The molecule has 0 bridgehead atoms. The van der Waals surface area contributed by atoms with Crippen LogP contribution in [0.5, 0.6) is 0 Å². The third-order valence-electron chi connectivity index (χ3n) is 4.18. The molecule has 0 radical (unpaired) electrons. The van der Waals surface area contributed by atoms with Gasteiger partial charge in [0.1, 0.15) is 11.5 Å². The number of amides is 1. The summed E-state index contributed by atoms with van der Waals surface area (Å²) < 4.78 is 0. The molecule has 126 valence electrons. The Kier molecular flexibility index (Phi) is 4.71. The van der Waals surface area contributed by atoms with Gasteiger partial charge in [0.25, 0.3) is 0 Å². The van der Waals surface area contributed by atoms with Gasteiger partial charge in [-0.05, 0) is 18.6 Å². The van der Waals surface area contributed by atoms with Gasteiger partial charge in [-0.25, -0.2) is 9.97 Å². The predicted octanol–water partition coefficient (Wildman–Crippen LogP) is 0.872. The number of likely N-dealkylation sites (N-methyl/N-ethyl adjacent to an activating group) is 1. The highest BCUT2D eigenvalue weighted by molar-refractivity contribution is 5.74. The zero-order valence-electron chi connectivity index (χ0n) is 13.9. The minimum atomic E-state index is 0.0453.